The van der Waals surface area contributed by atoms with Gasteiger partial charge < -0.3 is 15.2 Å². The van der Waals surface area contributed by atoms with Gasteiger partial charge in [-0.3, -0.25) is 5.10 Å². The molecule has 7 nitrogen and oxygen atoms in total. The van der Waals surface area contributed by atoms with Crippen LogP contribution in [0.15, 0.2) is 53.9 Å². The van der Waals surface area contributed by atoms with Crippen LogP contribution in [0.5, 0.6) is 11.6 Å². The first-order valence-corrected chi connectivity index (χ1v) is 9.54. The highest BCUT2D eigenvalue weighted by molar-refractivity contribution is 6.42. The molecule has 2 heterocycles. The fourth-order valence-electron chi connectivity index (χ4n) is 3.28. The Morgan fingerprint density at radius 3 is 2.80 bits per heavy atom. The van der Waals surface area contributed by atoms with E-state index in [-0.39, 0.29) is 22.0 Å². The third kappa shape index (κ3) is 3.47. The van der Waals surface area contributed by atoms with E-state index in [0.29, 0.717) is 27.8 Å². The van der Waals surface area contributed by atoms with Crippen molar-refractivity contribution in [3.8, 4) is 17.7 Å². The molecule has 9 heteroatoms. The number of allylic oxidation sites excluding steroid dienone is 1. The van der Waals surface area contributed by atoms with Crippen molar-refractivity contribution < 1.29 is 14.3 Å². The van der Waals surface area contributed by atoms with Gasteiger partial charge in [0, 0.05) is 11.3 Å². The Balaban J connectivity index is 1.70. The maximum atomic E-state index is 12.5. The number of esters is 1. The molecular weight excluding hydrogens is 427 g/mol. The third-order valence-electron chi connectivity index (χ3n) is 4.69. The van der Waals surface area contributed by atoms with Gasteiger partial charge in [0.1, 0.15) is 17.4 Å². The quantitative estimate of drug-likeness (QED) is 0.458. The molecule has 1 aliphatic rings. The van der Waals surface area contributed by atoms with Crippen LogP contribution in [0.3, 0.4) is 0 Å². The molecular formula is C21H14Cl2N4O3. The average molecular weight is 441 g/mol. The minimum absolute atomic E-state index is 0.0142. The number of carbonyl (C=O) groups excluding carboxylic acids is 1. The van der Waals surface area contributed by atoms with Crippen molar-refractivity contribution in [1.82, 2.24) is 10.2 Å². The van der Waals surface area contributed by atoms with E-state index in [1.165, 1.54) is 18.2 Å². The van der Waals surface area contributed by atoms with Crippen molar-refractivity contribution in [1.29, 1.82) is 5.26 Å². The minimum atomic E-state index is -0.589. The maximum absolute atomic E-state index is 12.5. The number of H-pyrrole nitrogens is 1. The van der Waals surface area contributed by atoms with E-state index in [9.17, 15) is 10.1 Å². The number of nitrogens with two attached hydrogens (primary N) is 1. The molecule has 0 saturated carbocycles. The van der Waals surface area contributed by atoms with Crippen LogP contribution in [0.1, 0.15) is 33.1 Å². The van der Waals surface area contributed by atoms with E-state index in [1.807, 2.05) is 13.0 Å². The fraction of sp³-hybridized carbons (Fsp3) is 0.0952. The Morgan fingerprint density at radius 2 is 2.07 bits per heavy atom. The number of carbonyl (C=O) groups is 1. The number of aryl methyl sites for hydroxylation is 1. The van der Waals surface area contributed by atoms with Crippen LogP contribution < -0.4 is 15.2 Å². The van der Waals surface area contributed by atoms with Crippen molar-refractivity contribution in [3.63, 3.8) is 0 Å². The van der Waals surface area contributed by atoms with Crippen LogP contribution in [-0.4, -0.2) is 16.2 Å². The summed E-state index contributed by atoms with van der Waals surface area (Å²) in [7, 11) is 0. The number of ether oxygens (including phenoxy) is 2. The maximum Gasteiger partial charge on any atom is 0.343 e. The number of hydrogen-bond acceptors (Lipinski definition) is 6. The van der Waals surface area contributed by atoms with Gasteiger partial charge >= 0.3 is 5.97 Å². The van der Waals surface area contributed by atoms with Gasteiger partial charge in [0.15, 0.2) is 0 Å². The zero-order chi connectivity index (χ0) is 21.4. The van der Waals surface area contributed by atoms with E-state index in [4.69, 9.17) is 38.4 Å². The van der Waals surface area contributed by atoms with Crippen molar-refractivity contribution >= 4 is 29.2 Å². The molecule has 0 saturated heterocycles. The van der Waals surface area contributed by atoms with Crippen molar-refractivity contribution in [3.05, 3.63) is 86.4 Å². The monoisotopic (exact) mass is 440 g/mol. The van der Waals surface area contributed by atoms with E-state index >= 15 is 0 Å². The van der Waals surface area contributed by atoms with Crippen LogP contribution >= 0.6 is 23.2 Å². The number of aromatic nitrogens is 2. The molecule has 150 valence electrons. The highest BCUT2D eigenvalue weighted by atomic mass is 35.5. The highest BCUT2D eigenvalue weighted by Gasteiger charge is 2.34. The predicted octanol–water partition coefficient (Wildman–Crippen LogP) is 4.46. The zero-order valence-corrected chi connectivity index (χ0v) is 17.1. The summed E-state index contributed by atoms with van der Waals surface area (Å²) >= 11 is 11.9. The SMILES string of the molecule is Cc1[nH]nc2c1C(c1cccc(OC(=O)c3ccc(Cl)c(Cl)c3)c1)C(C#N)=C(N)O2. The van der Waals surface area contributed by atoms with Crippen LogP contribution in [0.25, 0.3) is 0 Å². The van der Waals surface area contributed by atoms with Gasteiger partial charge in [0.2, 0.25) is 11.8 Å². The summed E-state index contributed by atoms with van der Waals surface area (Å²) < 4.78 is 11.0. The van der Waals surface area contributed by atoms with E-state index in [2.05, 4.69) is 16.3 Å². The molecule has 1 unspecified atom stereocenters. The normalized spacial score (nSPS) is 15.2. The highest BCUT2D eigenvalue weighted by Crippen LogP contribution is 2.43. The fourth-order valence-corrected chi connectivity index (χ4v) is 3.58. The van der Waals surface area contributed by atoms with Crippen LogP contribution in [0.2, 0.25) is 10.0 Å². The lowest BCUT2D eigenvalue weighted by molar-refractivity contribution is 0.0734. The van der Waals surface area contributed by atoms with Gasteiger partial charge in [-0.25, -0.2) is 4.79 Å². The lowest BCUT2D eigenvalue weighted by Gasteiger charge is -2.23. The summed E-state index contributed by atoms with van der Waals surface area (Å²) in [6.45, 7) is 1.83. The van der Waals surface area contributed by atoms with Crippen LogP contribution in [0, 0.1) is 18.3 Å². The summed E-state index contributed by atoms with van der Waals surface area (Å²) in [6, 6.07) is 13.4. The van der Waals surface area contributed by atoms with Gasteiger partial charge in [-0.05, 0) is 42.8 Å². The number of fused-ring (bicyclic) bond motifs is 1. The largest absolute Gasteiger partial charge is 0.423 e. The van der Waals surface area contributed by atoms with E-state index in [0.717, 1.165) is 5.69 Å². The summed E-state index contributed by atoms with van der Waals surface area (Å²) in [4.78, 5) is 12.5. The van der Waals surface area contributed by atoms with Crippen molar-refractivity contribution in [2.75, 3.05) is 0 Å². The molecule has 30 heavy (non-hydrogen) atoms. The third-order valence-corrected chi connectivity index (χ3v) is 5.43. The Morgan fingerprint density at radius 1 is 1.27 bits per heavy atom. The van der Waals surface area contributed by atoms with Gasteiger partial charge in [-0.2, -0.15) is 5.26 Å². The number of halogens is 2. The number of aromatic amines is 1. The molecule has 3 N–H and O–H groups in total. The Kier molecular flexibility index (Phi) is 5.12. The Bertz CT molecular complexity index is 1240. The van der Waals surface area contributed by atoms with Gasteiger partial charge in [-0.1, -0.05) is 35.3 Å². The molecule has 3 aromatic rings. The number of rotatable bonds is 3. The predicted molar refractivity (Wildman–Crippen MR) is 110 cm³/mol. The zero-order valence-electron chi connectivity index (χ0n) is 15.6. The molecule has 2 aromatic carbocycles. The second-order valence-corrected chi connectivity index (χ2v) is 7.40. The first-order chi connectivity index (χ1) is 14.4. The summed E-state index contributed by atoms with van der Waals surface area (Å²) in [5.41, 5.74) is 8.59. The first kappa shape index (κ1) is 19.8. The lowest BCUT2D eigenvalue weighted by atomic mass is 9.84. The molecule has 0 amide bonds. The summed E-state index contributed by atoms with van der Waals surface area (Å²) in [5.74, 6) is -0.505. The molecule has 0 fully saturated rings. The topological polar surface area (TPSA) is 114 Å². The smallest absolute Gasteiger partial charge is 0.343 e. The van der Waals surface area contributed by atoms with Gasteiger partial charge in [0.25, 0.3) is 0 Å². The minimum Gasteiger partial charge on any atom is -0.423 e. The average Bonchev–Trinajstić information content (AvgIpc) is 3.09. The molecule has 0 radical (unpaired) electrons. The van der Waals surface area contributed by atoms with Crippen molar-refractivity contribution in [2.45, 2.75) is 12.8 Å². The number of nitrogens with zero attached hydrogens (tertiary/aromatic N) is 2. The number of hydrogen-bond donors (Lipinski definition) is 2. The molecule has 0 aliphatic carbocycles. The van der Waals surface area contributed by atoms with Gasteiger partial charge in [-0.15, -0.1) is 5.10 Å². The number of nitriles is 1. The second-order valence-electron chi connectivity index (χ2n) is 6.58. The standard InChI is InChI=1S/C21H14Cl2N4O3/c1-10-17-18(14(9-24)19(25)30-20(17)27-26-10)11-3-2-4-13(7-11)29-21(28)12-5-6-15(22)16(23)8-12/h2-8,18H,25H2,1H3,(H,26,27). The number of nitrogens with one attached hydrogen (secondary N) is 1. The molecule has 4 rings (SSSR count). The van der Waals surface area contributed by atoms with E-state index < -0.39 is 11.9 Å². The van der Waals surface area contributed by atoms with Crippen LogP contribution in [0.4, 0.5) is 0 Å². The second kappa shape index (κ2) is 7.75. The molecule has 1 aromatic heterocycles. The summed E-state index contributed by atoms with van der Waals surface area (Å²) in [5, 5.41) is 17.2. The van der Waals surface area contributed by atoms with Gasteiger partial charge in [0.05, 0.1) is 21.5 Å². The van der Waals surface area contributed by atoms with E-state index in [1.54, 1.807) is 18.2 Å². The summed E-state index contributed by atoms with van der Waals surface area (Å²) in [6.07, 6.45) is 0. The number of benzene rings is 2. The van der Waals surface area contributed by atoms with Crippen molar-refractivity contribution in [2.24, 2.45) is 5.73 Å². The molecule has 0 bridgehead atoms. The van der Waals surface area contributed by atoms with Crippen LogP contribution in [-0.2, 0) is 0 Å². The molecule has 0 spiro atoms. The Hall–Kier alpha value is -3.47. The lowest BCUT2D eigenvalue weighted by Crippen LogP contribution is -2.21. The Labute approximate surface area is 181 Å². The molecule has 1 atom stereocenters. The first-order valence-electron chi connectivity index (χ1n) is 8.78. The molecule has 1 aliphatic heterocycles.